The average Bonchev–Trinajstić information content (AvgIpc) is 2.85. The highest BCUT2D eigenvalue weighted by molar-refractivity contribution is 5.93. The van der Waals surface area contributed by atoms with E-state index in [1.807, 2.05) is 0 Å². The van der Waals surface area contributed by atoms with Crippen molar-refractivity contribution in [1.82, 2.24) is 10.1 Å². The van der Waals surface area contributed by atoms with Crippen molar-refractivity contribution in [3.63, 3.8) is 0 Å². The molecule has 0 saturated carbocycles. The molecular formula is C11H14N2O4. The molecule has 6 heteroatoms. The van der Waals surface area contributed by atoms with Crippen LogP contribution in [0.15, 0.2) is 10.7 Å². The van der Waals surface area contributed by atoms with Gasteiger partial charge in [0.25, 0.3) is 5.91 Å². The lowest BCUT2D eigenvalue weighted by Crippen LogP contribution is -2.36. The Balaban J connectivity index is 2.14. The van der Waals surface area contributed by atoms with Crippen molar-refractivity contribution in [3.05, 3.63) is 17.5 Å². The van der Waals surface area contributed by atoms with Gasteiger partial charge in [0.05, 0.1) is 12.6 Å². The van der Waals surface area contributed by atoms with E-state index in [1.54, 1.807) is 11.8 Å². The highest BCUT2D eigenvalue weighted by atomic mass is 16.5. The number of likely N-dealkylation sites (tertiary alicyclic amines) is 1. The summed E-state index contributed by atoms with van der Waals surface area (Å²) in [6.45, 7) is 2.32. The van der Waals surface area contributed by atoms with Crippen molar-refractivity contribution in [3.8, 4) is 0 Å². The van der Waals surface area contributed by atoms with Crippen LogP contribution in [0, 0.1) is 6.92 Å². The van der Waals surface area contributed by atoms with Crippen molar-refractivity contribution >= 4 is 11.9 Å². The third-order valence-electron chi connectivity index (χ3n) is 2.99. The van der Waals surface area contributed by atoms with Gasteiger partial charge in [0.15, 0.2) is 0 Å². The van der Waals surface area contributed by atoms with Crippen LogP contribution in [0.2, 0.25) is 0 Å². The average molecular weight is 238 g/mol. The number of rotatable bonds is 3. The number of amides is 1. The molecule has 2 rings (SSSR count). The molecule has 1 atom stereocenters. The van der Waals surface area contributed by atoms with Crippen LogP contribution in [-0.4, -0.2) is 39.6 Å². The van der Waals surface area contributed by atoms with Crippen LogP contribution in [0.3, 0.4) is 0 Å². The molecular weight excluding hydrogens is 224 g/mol. The summed E-state index contributed by atoms with van der Waals surface area (Å²) in [7, 11) is 0. The van der Waals surface area contributed by atoms with Gasteiger partial charge in [-0.1, -0.05) is 5.16 Å². The van der Waals surface area contributed by atoms with E-state index in [1.165, 1.54) is 6.20 Å². The van der Waals surface area contributed by atoms with Crippen molar-refractivity contribution in [2.75, 3.05) is 6.54 Å². The molecule has 92 valence electrons. The van der Waals surface area contributed by atoms with Gasteiger partial charge in [-0.15, -0.1) is 0 Å². The lowest BCUT2D eigenvalue weighted by atomic mass is 10.1. The Morgan fingerprint density at radius 2 is 2.41 bits per heavy atom. The number of aliphatic carboxylic acids is 1. The lowest BCUT2D eigenvalue weighted by molar-refractivity contribution is -0.137. The zero-order valence-electron chi connectivity index (χ0n) is 9.55. The molecule has 2 heterocycles. The molecule has 6 nitrogen and oxygen atoms in total. The number of carboxylic acid groups (broad SMARTS) is 1. The van der Waals surface area contributed by atoms with E-state index in [-0.39, 0.29) is 24.1 Å². The van der Waals surface area contributed by atoms with E-state index < -0.39 is 5.97 Å². The van der Waals surface area contributed by atoms with E-state index in [0.29, 0.717) is 12.1 Å². The van der Waals surface area contributed by atoms with Crippen LogP contribution in [0.25, 0.3) is 0 Å². The van der Waals surface area contributed by atoms with Crippen LogP contribution in [0.5, 0.6) is 0 Å². The lowest BCUT2D eigenvalue weighted by Gasteiger charge is -2.22. The van der Waals surface area contributed by atoms with E-state index in [2.05, 4.69) is 5.16 Å². The van der Waals surface area contributed by atoms with Gasteiger partial charge in [0.1, 0.15) is 0 Å². The summed E-state index contributed by atoms with van der Waals surface area (Å²) in [4.78, 5) is 24.4. The van der Waals surface area contributed by atoms with Gasteiger partial charge in [-0.05, 0) is 19.8 Å². The Hall–Kier alpha value is -1.85. The topological polar surface area (TPSA) is 83.6 Å². The van der Waals surface area contributed by atoms with Gasteiger partial charge in [-0.3, -0.25) is 9.59 Å². The van der Waals surface area contributed by atoms with Crippen LogP contribution in [0.4, 0.5) is 0 Å². The van der Waals surface area contributed by atoms with E-state index >= 15 is 0 Å². The minimum atomic E-state index is -0.885. The minimum absolute atomic E-state index is 0.0150. The first-order chi connectivity index (χ1) is 8.09. The normalized spacial score (nSPS) is 19.6. The second-order valence-electron chi connectivity index (χ2n) is 4.23. The summed E-state index contributed by atoms with van der Waals surface area (Å²) in [6, 6.07) is -0.232. The summed E-state index contributed by atoms with van der Waals surface area (Å²) < 4.78 is 4.90. The largest absolute Gasteiger partial charge is 0.481 e. The molecule has 1 unspecified atom stereocenters. The first-order valence-corrected chi connectivity index (χ1v) is 5.53. The van der Waals surface area contributed by atoms with Gasteiger partial charge in [0, 0.05) is 18.2 Å². The Kier molecular flexibility index (Phi) is 3.12. The van der Waals surface area contributed by atoms with Crippen LogP contribution >= 0.6 is 0 Å². The predicted molar refractivity (Wildman–Crippen MR) is 57.6 cm³/mol. The zero-order chi connectivity index (χ0) is 12.4. The highest BCUT2D eigenvalue weighted by Crippen LogP contribution is 2.23. The molecule has 0 bridgehead atoms. The molecule has 17 heavy (non-hydrogen) atoms. The first-order valence-electron chi connectivity index (χ1n) is 5.53. The zero-order valence-corrected chi connectivity index (χ0v) is 9.55. The van der Waals surface area contributed by atoms with Crippen LogP contribution in [0.1, 0.15) is 35.4 Å². The summed E-state index contributed by atoms with van der Waals surface area (Å²) in [6.07, 6.45) is 3.02. The molecule has 0 aliphatic carbocycles. The Morgan fingerprint density at radius 1 is 1.65 bits per heavy atom. The maximum absolute atomic E-state index is 12.1. The van der Waals surface area contributed by atoms with Gasteiger partial charge in [-0.25, -0.2) is 0 Å². The van der Waals surface area contributed by atoms with Gasteiger partial charge >= 0.3 is 5.97 Å². The second-order valence-corrected chi connectivity index (χ2v) is 4.23. The molecule has 1 aromatic heterocycles. The third kappa shape index (κ3) is 2.30. The fourth-order valence-electron chi connectivity index (χ4n) is 2.14. The van der Waals surface area contributed by atoms with Crippen LogP contribution in [-0.2, 0) is 4.79 Å². The Labute approximate surface area is 98.2 Å². The molecule has 1 N–H and O–H groups in total. The Morgan fingerprint density at radius 3 is 3.00 bits per heavy atom. The second kappa shape index (κ2) is 4.57. The summed E-state index contributed by atoms with van der Waals surface area (Å²) in [5.74, 6) is -0.935. The molecule has 1 aliphatic heterocycles. The van der Waals surface area contributed by atoms with E-state index in [9.17, 15) is 9.59 Å². The molecule has 0 aromatic carbocycles. The standard InChI is InChI=1S/C11H14N2O4/c1-7-6-12-17-10(7)11(16)13-4-2-3-8(13)5-9(14)15/h6,8H,2-5H2,1H3,(H,14,15). The maximum atomic E-state index is 12.1. The van der Waals surface area contributed by atoms with Crippen molar-refractivity contribution in [2.45, 2.75) is 32.2 Å². The molecule has 1 fully saturated rings. The number of hydrogen-bond acceptors (Lipinski definition) is 4. The number of carboxylic acids is 1. The van der Waals surface area contributed by atoms with Gasteiger partial charge in [0.2, 0.25) is 5.76 Å². The smallest absolute Gasteiger partial charge is 0.305 e. The summed E-state index contributed by atoms with van der Waals surface area (Å²) >= 11 is 0. The van der Waals surface area contributed by atoms with Gasteiger partial charge in [-0.2, -0.15) is 0 Å². The quantitative estimate of drug-likeness (QED) is 0.851. The minimum Gasteiger partial charge on any atom is -0.481 e. The maximum Gasteiger partial charge on any atom is 0.305 e. The number of nitrogens with zero attached hydrogens (tertiary/aromatic N) is 2. The van der Waals surface area contributed by atoms with Crippen molar-refractivity contribution in [2.24, 2.45) is 0 Å². The number of hydrogen-bond donors (Lipinski definition) is 1. The Bertz CT molecular complexity index is 440. The van der Waals surface area contributed by atoms with Crippen molar-refractivity contribution in [1.29, 1.82) is 0 Å². The number of carbonyl (C=O) groups is 2. The molecule has 0 spiro atoms. The molecule has 1 aliphatic rings. The highest BCUT2D eigenvalue weighted by Gasteiger charge is 2.33. The number of carbonyl (C=O) groups excluding carboxylic acids is 1. The third-order valence-corrected chi connectivity index (χ3v) is 2.99. The first kappa shape index (κ1) is 11.6. The van der Waals surface area contributed by atoms with Crippen LogP contribution < -0.4 is 0 Å². The van der Waals surface area contributed by atoms with Gasteiger partial charge < -0.3 is 14.5 Å². The van der Waals surface area contributed by atoms with E-state index in [0.717, 1.165) is 12.8 Å². The number of aryl methyl sites for hydroxylation is 1. The van der Waals surface area contributed by atoms with Crippen molar-refractivity contribution < 1.29 is 19.2 Å². The predicted octanol–water partition coefficient (Wildman–Crippen LogP) is 1.06. The molecule has 1 aromatic rings. The fourth-order valence-corrected chi connectivity index (χ4v) is 2.14. The monoisotopic (exact) mass is 238 g/mol. The van der Waals surface area contributed by atoms with E-state index in [4.69, 9.17) is 9.63 Å². The fraction of sp³-hybridized carbons (Fsp3) is 0.545. The summed E-state index contributed by atoms with van der Waals surface area (Å²) in [5, 5.41) is 12.3. The SMILES string of the molecule is Cc1cnoc1C(=O)N1CCCC1CC(=O)O. The molecule has 1 amide bonds. The molecule has 1 saturated heterocycles. The summed E-state index contributed by atoms with van der Waals surface area (Å²) in [5.41, 5.74) is 0.677. The molecule has 0 radical (unpaired) electrons. The number of aromatic nitrogens is 1.